The Kier molecular flexibility index (Phi) is 5.94. The number of nitrogens with zero attached hydrogens (tertiary/aromatic N) is 3. The SMILES string of the molecule is C=CCNC(=S)Nc1nc(OC)cc(N2CCCC[C@H]2C)n1. The van der Waals surface area contributed by atoms with Crippen molar-refractivity contribution in [2.24, 2.45) is 0 Å². The molecule has 1 aliphatic heterocycles. The van der Waals surface area contributed by atoms with Crippen LogP contribution < -0.4 is 20.3 Å². The highest BCUT2D eigenvalue weighted by atomic mass is 32.1. The maximum atomic E-state index is 5.29. The van der Waals surface area contributed by atoms with Crippen LogP contribution in [-0.4, -0.2) is 41.3 Å². The van der Waals surface area contributed by atoms with Crippen LogP contribution in [0, 0.1) is 0 Å². The van der Waals surface area contributed by atoms with E-state index in [0.29, 0.717) is 29.5 Å². The Morgan fingerprint density at radius 3 is 3.05 bits per heavy atom. The van der Waals surface area contributed by atoms with Crippen LogP contribution in [0.3, 0.4) is 0 Å². The van der Waals surface area contributed by atoms with Gasteiger partial charge in [0.2, 0.25) is 11.8 Å². The van der Waals surface area contributed by atoms with Crippen molar-refractivity contribution in [1.29, 1.82) is 0 Å². The lowest BCUT2D eigenvalue weighted by atomic mass is 10.0. The van der Waals surface area contributed by atoms with Crippen LogP contribution in [0.4, 0.5) is 11.8 Å². The van der Waals surface area contributed by atoms with Crippen LogP contribution in [0.15, 0.2) is 18.7 Å². The van der Waals surface area contributed by atoms with Gasteiger partial charge >= 0.3 is 0 Å². The molecular formula is C15H23N5OS. The van der Waals surface area contributed by atoms with Crippen molar-refractivity contribution in [2.45, 2.75) is 32.2 Å². The summed E-state index contributed by atoms with van der Waals surface area (Å²) >= 11 is 5.20. The minimum atomic E-state index is 0.439. The lowest BCUT2D eigenvalue weighted by Gasteiger charge is -2.34. The summed E-state index contributed by atoms with van der Waals surface area (Å²) in [6.45, 7) is 7.45. The summed E-state index contributed by atoms with van der Waals surface area (Å²) < 4.78 is 5.29. The number of ether oxygens (including phenoxy) is 1. The van der Waals surface area contributed by atoms with Gasteiger partial charge in [-0.15, -0.1) is 6.58 Å². The van der Waals surface area contributed by atoms with Crippen molar-refractivity contribution in [2.75, 3.05) is 30.4 Å². The predicted octanol–water partition coefficient (Wildman–Crippen LogP) is 2.34. The molecule has 1 aromatic heterocycles. The molecule has 0 spiro atoms. The van der Waals surface area contributed by atoms with E-state index in [1.54, 1.807) is 13.2 Å². The zero-order valence-corrected chi connectivity index (χ0v) is 13.9. The number of methoxy groups -OCH3 is 1. The Morgan fingerprint density at radius 1 is 1.55 bits per heavy atom. The van der Waals surface area contributed by atoms with Gasteiger partial charge in [0.15, 0.2) is 5.11 Å². The quantitative estimate of drug-likeness (QED) is 0.637. The topological polar surface area (TPSA) is 62.3 Å². The third-order valence-electron chi connectivity index (χ3n) is 3.63. The minimum absolute atomic E-state index is 0.439. The van der Waals surface area contributed by atoms with Gasteiger partial charge in [0.1, 0.15) is 5.82 Å². The van der Waals surface area contributed by atoms with Crippen molar-refractivity contribution >= 4 is 29.1 Å². The number of piperidine rings is 1. The molecule has 1 aromatic rings. The molecule has 22 heavy (non-hydrogen) atoms. The van der Waals surface area contributed by atoms with E-state index < -0.39 is 0 Å². The first-order valence-corrected chi connectivity index (χ1v) is 7.90. The highest BCUT2D eigenvalue weighted by molar-refractivity contribution is 7.80. The molecule has 1 saturated heterocycles. The van der Waals surface area contributed by atoms with Crippen LogP contribution in [0.25, 0.3) is 0 Å². The van der Waals surface area contributed by atoms with E-state index in [9.17, 15) is 0 Å². The number of aromatic nitrogens is 2. The van der Waals surface area contributed by atoms with Gasteiger partial charge in [0.05, 0.1) is 7.11 Å². The summed E-state index contributed by atoms with van der Waals surface area (Å²) in [5.74, 6) is 1.83. The number of nitrogens with one attached hydrogen (secondary N) is 2. The van der Waals surface area contributed by atoms with Gasteiger partial charge < -0.3 is 20.3 Å². The molecule has 0 unspecified atom stereocenters. The Labute approximate surface area is 137 Å². The standard InChI is InChI=1S/C15H23N5OS/c1-4-8-16-15(22)19-14-17-12(10-13(18-14)21-3)20-9-6-5-7-11(20)2/h4,10-11H,1,5-9H2,2-3H3,(H2,16,17,18,19,22)/t11-/m1/s1. The Hall–Kier alpha value is -1.89. The van der Waals surface area contributed by atoms with Gasteiger partial charge in [-0.3, -0.25) is 0 Å². The molecule has 1 fully saturated rings. The zero-order valence-electron chi connectivity index (χ0n) is 13.1. The molecule has 1 atom stereocenters. The lowest BCUT2D eigenvalue weighted by molar-refractivity contribution is 0.396. The van der Waals surface area contributed by atoms with Crippen molar-refractivity contribution in [3.05, 3.63) is 18.7 Å². The van der Waals surface area contributed by atoms with Gasteiger partial charge in [-0.25, -0.2) is 0 Å². The maximum absolute atomic E-state index is 5.29. The minimum Gasteiger partial charge on any atom is -0.481 e. The smallest absolute Gasteiger partial charge is 0.234 e. The van der Waals surface area contributed by atoms with E-state index in [2.05, 4.69) is 39.0 Å². The highest BCUT2D eigenvalue weighted by Gasteiger charge is 2.21. The molecule has 0 aromatic carbocycles. The van der Waals surface area contributed by atoms with E-state index in [-0.39, 0.29) is 0 Å². The first-order valence-electron chi connectivity index (χ1n) is 7.49. The molecule has 0 saturated carbocycles. The first-order chi connectivity index (χ1) is 10.6. The molecule has 7 heteroatoms. The summed E-state index contributed by atoms with van der Waals surface area (Å²) in [6, 6.07) is 2.33. The summed E-state index contributed by atoms with van der Waals surface area (Å²) in [5.41, 5.74) is 0. The number of anilines is 2. The van der Waals surface area contributed by atoms with Gasteiger partial charge in [-0.2, -0.15) is 9.97 Å². The molecule has 0 radical (unpaired) electrons. The van der Waals surface area contributed by atoms with E-state index >= 15 is 0 Å². The molecule has 0 amide bonds. The number of hydrogen-bond acceptors (Lipinski definition) is 5. The molecule has 2 N–H and O–H groups in total. The van der Waals surface area contributed by atoms with E-state index in [4.69, 9.17) is 17.0 Å². The van der Waals surface area contributed by atoms with Crippen LogP contribution in [0.2, 0.25) is 0 Å². The fraction of sp³-hybridized carbons (Fsp3) is 0.533. The third-order valence-corrected chi connectivity index (χ3v) is 3.87. The van der Waals surface area contributed by atoms with Crippen LogP contribution in [-0.2, 0) is 0 Å². The second kappa shape index (κ2) is 7.93. The highest BCUT2D eigenvalue weighted by Crippen LogP contribution is 2.26. The first kappa shape index (κ1) is 16.5. The van der Waals surface area contributed by atoms with Gasteiger partial charge in [-0.05, 0) is 38.4 Å². The van der Waals surface area contributed by atoms with Gasteiger partial charge in [-0.1, -0.05) is 6.08 Å². The van der Waals surface area contributed by atoms with Crippen molar-refractivity contribution in [3.63, 3.8) is 0 Å². The molecule has 6 nitrogen and oxygen atoms in total. The number of hydrogen-bond donors (Lipinski definition) is 2. The molecule has 0 aliphatic carbocycles. The Morgan fingerprint density at radius 2 is 2.36 bits per heavy atom. The van der Waals surface area contributed by atoms with Crippen molar-refractivity contribution in [1.82, 2.24) is 15.3 Å². The second-order valence-corrected chi connectivity index (χ2v) is 5.66. The normalized spacial score (nSPS) is 17.7. The summed E-state index contributed by atoms with van der Waals surface area (Å²) in [4.78, 5) is 11.2. The summed E-state index contributed by atoms with van der Waals surface area (Å²) in [5, 5.41) is 6.45. The fourth-order valence-electron chi connectivity index (χ4n) is 2.47. The van der Waals surface area contributed by atoms with E-state index in [0.717, 1.165) is 12.4 Å². The van der Waals surface area contributed by atoms with Crippen LogP contribution in [0.1, 0.15) is 26.2 Å². The van der Waals surface area contributed by atoms with E-state index in [1.807, 2.05) is 6.07 Å². The summed E-state index contributed by atoms with van der Waals surface area (Å²) in [7, 11) is 1.60. The van der Waals surface area contributed by atoms with Crippen molar-refractivity contribution in [3.8, 4) is 5.88 Å². The fourth-order valence-corrected chi connectivity index (χ4v) is 2.64. The third kappa shape index (κ3) is 4.30. The van der Waals surface area contributed by atoms with Gasteiger partial charge in [0.25, 0.3) is 0 Å². The maximum Gasteiger partial charge on any atom is 0.234 e. The molecule has 1 aliphatic rings. The molecule has 2 heterocycles. The average Bonchev–Trinajstić information content (AvgIpc) is 2.53. The molecule has 2 rings (SSSR count). The van der Waals surface area contributed by atoms with E-state index in [1.165, 1.54) is 19.3 Å². The monoisotopic (exact) mass is 321 g/mol. The molecular weight excluding hydrogens is 298 g/mol. The van der Waals surface area contributed by atoms with Crippen LogP contribution >= 0.6 is 12.2 Å². The Balaban J connectivity index is 2.18. The number of thiocarbonyl (C=S) groups is 1. The average molecular weight is 321 g/mol. The van der Waals surface area contributed by atoms with Crippen molar-refractivity contribution < 1.29 is 4.74 Å². The largest absolute Gasteiger partial charge is 0.481 e. The number of rotatable bonds is 5. The molecule has 0 bridgehead atoms. The lowest BCUT2D eigenvalue weighted by Crippen LogP contribution is -2.38. The predicted molar refractivity (Wildman–Crippen MR) is 93.7 cm³/mol. The molecule has 120 valence electrons. The second-order valence-electron chi connectivity index (χ2n) is 5.25. The van der Waals surface area contributed by atoms with Gasteiger partial charge in [0, 0.05) is 25.2 Å². The zero-order chi connectivity index (χ0) is 15.9. The van der Waals surface area contributed by atoms with Crippen LogP contribution in [0.5, 0.6) is 5.88 Å². The Bertz CT molecular complexity index is 537. The summed E-state index contributed by atoms with van der Waals surface area (Å²) in [6.07, 6.45) is 5.36.